The zero-order chi connectivity index (χ0) is 16.7. The second-order valence-electron chi connectivity index (χ2n) is 5.50. The Kier molecular flexibility index (Phi) is 6.15. The third kappa shape index (κ3) is 4.81. The molecule has 0 bridgehead atoms. The molecule has 2 rings (SSSR count). The van der Waals surface area contributed by atoms with Crippen LogP contribution in [-0.4, -0.2) is 18.6 Å². The number of para-hydroxylation sites is 1. The van der Waals surface area contributed by atoms with Gasteiger partial charge in [0.15, 0.2) is 17.7 Å². The van der Waals surface area contributed by atoms with Gasteiger partial charge in [-0.15, -0.1) is 0 Å². The van der Waals surface area contributed by atoms with E-state index in [0.29, 0.717) is 13.0 Å². The molecule has 0 aromatic heterocycles. The summed E-state index contributed by atoms with van der Waals surface area (Å²) in [4.78, 5) is 12.3. The number of carbonyl (C=O) groups excluding carboxylic acids is 1. The predicted molar refractivity (Wildman–Crippen MR) is 89.0 cm³/mol. The third-order valence-corrected chi connectivity index (χ3v) is 3.72. The van der Waals surface area contributed by atoms with Gasteiger partial charge in [0.2, 0.25) is 0 Å². The molecule has 0 saturated carbocycles. The maximum Gasteiger partial charge on any atom is 0.261 e. The number of carbonyl (C=O) groups is 1. The van der Waals surface area contributed by atoms with E-state index in [4.69, 9.17) is 4.74 Å². The average molecular weight is 315 g/mol. The molecule has 0 aliphatic heterocycles. The van der Waals surface area contributed by atoms with Crippen LogP contribution in [0.15, 0.2) is 54.6 Å². The van der Waals surface area contributed by atoms with E-state index in [1.807, 2.05) is 44.2 Å². The number of halogens is 1. The highest BCUT2D eigenvalue weighted by Gasteiger charge is 2.20. The maximum absolute atomic E-state index is 13.6. The van der Waals surface area contributed by atoms with Crippen LogP contribution in [-0.2, 0) is 4.79 Å². The molecular formula is C19H22FNO2. The normalized spacial score (nSPS) is 13.2. The molecule has 3 nitrogen and oxygen atoms in total. The minimum absolute atomic E-state index is 0.102. The van der Waals surface area contributed by atoms with Gasteiger partial charge < -0.3 is 10.1 Å². The van der Waals surface area contributed by atoms with Crippen LogP contribution in [0.4, 0.5) is 4.39 Å². The SMILES string of the molecule is CC[C@H](Oc1ccccc1F)C(=O)NC[C@H](C)c1ccccc1. The smallest absolute Gasteiger partial charge is 0.261 e. The van der Waals surface area contributed by atoms with E-state index < -0.39 is 11.9 Å². The molecule has 0 radical (unpaired) electrons. The lowest BCUT2D eigenvalue weighted by Crippen LogP contribution is -2.39. The Balaban J connectivity index is 1.91. The Morgan fingerprint density at radius 1 is 1.13 bits per heavy atom. The van der Waals surface area contributed by atoms with Gasteiger partial charge >= 0.3 is 0 Å². The van der Waals surface area contributed by atoms with Gasteiger partial charge in [-0.05, 0) is 30.0 Å². The maximum atomic E-state index is 13.6. The highest BCUT2D eigenvalue weighted by atomic mass is 19.1. The Bertz CT molecular complexity index is 630. The van der Waals surface area contributed by atoms with E-state index >= 15 is 0 Å². The fraction of sp³-hybridized carbons (Fsp3) is 0.316. The van der Waals surface area contributed by atoms with Crippen LogP contribution >= 0.6 is 0 Å². The fourth-order valence-electron chi connectivity index (χ4n) is 2.28. The van der Waals surface area contributed by atoms with Crippen LogP contribution in [0.1, 0.15) is 31.7 Å². The molecule has 1 N–H and O–H groups in total. The summed E-state index contributed by atoms with van der Waals surface area (Å²) >= 11 is 0. The van der Waals surface area contributed by atoms with Gasteiger partial charge in [-0.25, -0.2) is 4.39 Å². The summed E-state index contributed by atoms with van der Waals surface area (Å²) < 4.78 is 19.1. The first kappa shape index (κ1) is 17.0. The summed E-state index contributed by atoms with van der Waals surface area (Å²) in [6.07, 6.45) is -0.227. The first-order valence-electron chi connectivity index (χ1n) is 7.85. The number of nitrogens with one attached hydrogen (secondary N) is 1. The lowest BCUT2D eigenvalue weighted by atomic mass is 10.0. The van der Waals surface area contributed by atoms with Crippen molar-refractivity contribution in [1.29, 1.82) is 0 Å². The van der Waals surface area contributed by atoms with E-state index in [-0.39, 0.29) is 17.6 Å². The lowest BCUT2D eigenvalue weighted by Gasteiger charge is -2.19. The topological polar surface area (TPSA) is 38.3 Å². The number of benzene rings is 2. The van der Waals surface area contributed by atoms with Crippen molar-refractivity contribution in [3.8, 4) is 5.75 Å². The quantitative estimate of drug-likeness (QED) is 0.841. The van der Waals surface area contributed by atoms with Crippen molar-refractivity contribution in [2.45, 2.75) is 32.3 Å². The van der Waals surface area contributed by atoms with Crippen molar-refractivity contribution in [3.05, 3.63) is 66.0 Å². The van der Waals surface area contributed by atoms with E-state index in [2.05, 4.69) is 5.32 Å². The molecular weight excluding hydrogens is 293 g/mol. The molecule has 0 spiro atoms. The molecule has 4 heteroatoms. The number of ether oxygens (including phenoxy) is 1. The predicted octanol–water partition coefficient (Wildman–Crippen LogP) is 3.90. The van der Waals surface area contributed by atoms with E-state index in [9.17, 15) is 9.18 Å². The summed E-state index contributed by atoms with van der Waals surface area (Å²) in [5.74, 6) is -0.383. The van der Waals surface area contributed by atoms with Crippen molar-refractivity contribution in [2.24, 2.45) is 0 Å². The first-order chi connectivity index (χ1) is 11.1. The third-order valence-electron chi connectivity index (χ3n) is 3.72. The molecule has 0 saturated heterocycles. The van der Waals surface area contributed by atoms with Crippen LogP contribution in [0.2, 0.25) is 0 Å². The highest BCUT2D eigenvalue weighted by Crippen LogP contribution is 2.18. The number of amides is 1. The van der Waals surface area contributed by atoms with Gasteiger partial charge in [0.25, 0.3) is 5.91 Å². The van der Waals surface area contributed by atoms with Crippen molar-refractivity contribution < 1.29 is 13.9 Å². The number of hydrogen-bond acceptors (Lipinski definition) is 2. The zero-order valence-corrected chi connectivity index (χ0v) is 13.5. The summed E-state index contributed by atoms with van der Waals surface area (Å²) in [5, 5.41) is 2.89. The standard InChI is InChI=1S/C19H22FNO2/c1-3-17(23-18-12-8-7-11-16(18)20)19(22)21-13-14(2)15-9-5-4-6-10-15/h4-12,14,17H,3,13H2,1-2H3,(H,21,22)/t14-,17-/m0/s1. The summed E-state index contributed by atoms with van der Waals surface area (Å²) in [6.45, 7) is 4.40. The average Bonchev–Trinajstić information content (AvgIpc) is 2.59. The molecule has 0 aliphatic rings. The van der Waals surface area contributed by atoms with Gasteiger partial charge in [0.1, 0.15) is 0 Å². The highest BCUT2D eigenvalue weighted by molar-refractivity contribution is 5.81. The zero-order valence-electron chi connectivity index (χ0n) is 13.5. The fourth-order valence-corrected chi connectivity index (χ4v) is 2.28. The Hall–Kier alpha value is -2.36. The van der Waals surface area contributed by atoms with Crippen LogP contribution in [0, 0.1) is 5.82 Å². The van der Waals surface area contributed by atoms with Crippen LogP contribution in [0.5, 0.6) is 5.75 Å². The molecule has 1 amide bonds. The van der Waals surface area contributed by atoms with E-state index in [1.165, 1.54) is 12.1 Å². The largest absolute Gasteiger partial charge is 0.478 e. The Labute approximate surface area is 136 Å². The van der Waals surface area contributed by atoms with E-state index in [0.717, 1.165) is 5.56 Å². The van der Waals surface area contributed by atoms with Crippen molar-refractivity contribution in [3.63, 3.8) is 0 Å². The molecule has 2 atom stereocenters. The van der Waals surface area contributed by atoms with Gasteiger partial charge in [-0.3, -0.25) is 4.79 Å². The second kappa shape index (κ2) is 8.32. The number of rotatable bonds is 7. The summed E-state index contributed by atoms with van der Waals surface area (Å²) in [7, 11) is 0. The molecule has 0 heterocycles. The molecule has 0 fully saturated rings. The molecule has 0 aliphatic carbocycles. The van der Waals surface area contributed by atoms with Crippen molar-refractivity contribution in [2.75, 3.05) is 6.54 Å². The summed E-state index contributed by atoms with van der Waals surface area (Å²) in [5.41, 5.74) is 1.16. The Morgan fingerprint density at radius 2 is 1.78 bits per heavy atom. The van der Waals surface area contributed by atoms with Gasteiger partial charge in [0, 0.05) is 6.54 Å². The van der Waals surface area contributed by atoms with Crippen LogP contribution < -0.4 is 10.1 Å². The van der Waals surface area contributed by atoms with Gasteiger partial charge in [-0.1, -0.05) is 56.3 Å². The second-order valence-corrected chi connectivity index (χ2v) is 5.50. The van der Waals surface area contributed by atoms with E-state index in [1.54, 1.807) is 12.1 Å². The molecule has 0 unspecified atom stereocenters. The Morgan fingerprint density at radius 3 is 2.43 bits per heavy atom. The minimum atomic E-state index is -0.699. The monoisotopic (exact) mass is 315 g/mol. The van der Waals surface area contributed by atoms with Gasteiger partial charge in [-0.2, -0.15) is 0 Å². The summed E-state index contributed by atoms with van der Waals surface area (Å²) in [6, 6.07) is 16.1. The number of hydrogen-bond donors (Lipinski definition) is 1. The molecule has 2 aromatic carbocycles. The van der Waals surface area contributed by atoms with Gasteiger partial charge in [0.05, 0.1) is 0 Å². The molecule has 23 heavy (non-hydrogen) atoms. The first-order valence-corrected chi connectivity index (χ1v) is 7.85. The van der Waals surface area contributed by atoms with Crippen molar-refractivity contribution in [1.82, 2.24) is 5.32 Å². The lowest BCUT2D eigenvalue weighted by molar-refractivity contribution is -0.128. The minimum Gasteiger partial charge on any atom is -0.478 e. The molecule has 122 valence electrons. The van der Waals surface area contributed by atoms with Crippen LogP contribution in [0.25, 0.3) is 0 Å². The molecule has 2 aromatic rings. The van der Waals surface area contributed by atoms with Crippen molar-refractivity contribution >= 4 is 5.91 Å². The van der Waals surface area contributed by atoms with Crippen LogP contribution in [0.3, 0.4) is 0 Å².